The van der Waals surface area contributed by atoms with Crippen molar-refractivity contribution in [1.82, 2.24) is 10.2 Å². The van der Waals surface area contributed by atoms with Crippen LogP contribution in [-0.2, 0) is 9.53 Å². The molecule has 0 radical (unpaired) electrons. The van der Waals surface area contributed by atoms with E-state index in [2.05, 4.69) is 19.8 Å². The average molecular weight is 283 g/mol. The van der Waals surface area contributed by atoms with E-state index in [4.69, 9.17) is 17.3 Å². The maximum Gasteiger partial charge on any atom is 0.330 e. The smallest absolute Gasteiger partial charge is 0.330 e. The minimum absolute atomic E-state index is 0.309. The second-order valence-electron chi connectivity index (χ2n) is 4.25. The number of anilines is 2. The molecule has 6 nitrogen and oxygen atoms in total. The van der Waals surface area contributed by atoms with Crippen LogP contribution in [0.15, 0.2) is 17.7 Å². The number of halogens is 1. The lowest BCUT2D eigenvalue weighted by Gasteiger charge is -2.30. The van der Waals surface area contributed by atoms with Gasteiger partial charge in [-0.25, -0.2) is 4.79 Å². The van der Waals surface area contributed by atoms with Gasteiger partial charge in [0, 0.05) is 25.2 Å². The molecular weight excluding hydrogens is 268 g/mol. The molecule has 1 saturated heterocycles. The SMILES string of the molecule is COC(=O)C=C1CCN(c2cc(Cl)nnc2N)CC1. The number of carbonyl (C=O) groups excluding carboxylic acids is 1. The molecule has 0 aromatic carbocycles. The lowest BCUT2D eigenvalue weighted by Crippen LogP contribution is -2.31. The van der Waals surface area contributed by atoms with Crippen LogP contribution in [0.1, 0.15) is 12.8 Å². The molecule has 0 amide bonds. The predicted molar refractivity (Wildman–Crippen MR) is 73.0 cm³/mol. The van der Waals surface area contributed by atoms with Crippen molar-refractivity contribution in [3.8, 4) is 0 Å². The molecule has 0 spiro atoms. The molecule has 2 N–H and O–H groups in total. The molecule has 7 heteroatoms. The molecule has 2 rings (SSSR count). The summed E-state index contributed by atoms with van der Waals surface area (Å²) < 4.78 is 4.61. The second-order valence-corrected chi connectivity index (χ2v) is 4.64. The van der Waals surface area contributed by atoms with Gasteiger partial charge < -0.3 is 15.4 Å². The summed E-state index contributed by atoms with van der Waals surface area (Å²) in [4.78, 5) is 13.3. The van der Waals surface area contributed by atoms with Crippen LogP contribution < -0.4 is 10.6 Å². The molecule has 1 aliphatic heterocycles. The van der Waals surface area contributed by atoms with Gasteiger partial charge in [0.05, 0.1) is 12.8 Å². The van der Waals surface area contributed by atoms with Gasteiger partial charge in [0.25, 0.3) is 0 Å². The van der Waals surface area contributed by atoms with Crippen molar-refractivity contribution in [2.24, 2.45) is 0 Å². The van der Waals surface area contributed by atoms with Crippen molar-refractivity contribution in [3.05, 3.63) is 22.9 Å². The highest BCUT2D eigenvalue weighted by molar-refractivity contribution is 6.29. The van der Waals surface area contributed by atoms with E-state index in [9.17, 15) is 4.79 Å². The Balaban J connectivity index is 2.06. The van der Waals surface area contributed by atoms with Crippen molar-refractivity contribution in [2.45, 2.75) is 12.8 Å². The van der Waals surface area contributed by atoms with Gasteiger partial charge in [0.15, 0.2) is 11.0 Å². The highest BCUT2D eigenvalue weighted by Crippen LogP contribution is 2.27. The minimum Gasteiger partial charge on any atom is -0.466 e. The third kappa shape index (κ3) is 3.35. The topological polar surface area (TPSA) is 81.3 Å². The Bertz CT molecular complexity index is 508. The van der Waals surface area contributed by atoms with Gasteiger partial charge in [-0.3, -0.25) is 0 Å². The van der Waals surface area contributed by atoms with Crippen LogP contribution in [0.2, 0.25) is 5.15 Å². The molecule has 19 heavy (non-hydrogen) atoms. The van der Waals surface area contributed by atoms with Gasteiger partial charge in [0.2, 0.25) is 0 Å². The van der Waals surface area contributed by atoms with Gasteiger partial charge in [-0.1, -0.05) is 17.2 Å². The van der Waals surface area contributed by atoms with Crippen LogP contribution in [0, 0.1) is 0 Å². The van der Waals surface area contributed by atoms with Gasteiger partial charge in [0.1, 0.15) is 0 Å². The lowest BCUT2D eigenvalue weighted by atomic mass is 10.0. The van der Waals surface area contributed by atoms with Crippen molar-refractivity contribution >= 4 is 29.1 Å². The van der Waals surface area contributed by atoms with Crippen molar-refractivity contribution < 1.29 is 9.53 Å². The number of hydrogen-bond acceptors (Lipinski definition) is 6. The summed E-state index contributed by atoms with van der Waals surface area (Å²) in [5.41, 5.74) is 7.66. The monoisotopic (exact) mass is 282 g/mol. The fourth-order valence-electron chi connectivity index (χ4n) is 2.03. The molecule has 0 unspecified atom stereocenters. The first-order valence-corrected chi connectivity index (χ1v) is 6.29. The number of rotatable bonds is 2. The summed E-state index contributed by atoms with van der Waals surface area (Å²) in [6.45, 7) is 1.52. The highest BCUT2D eigenvalue weighted by atomic mass is 35.5. The van der Waals surface area contributed by atoms with Crippen LogP contribution in [-0.4, -0.2) is 36.4 Å². The van der Waals surface area contributed by atoms with E-state index in [-0.39, 0.29) is 5.97 Å². The molecule has 2 heterocycles. The van der Waals surface area contributed by atoms with Crippen LogP contribution in [0.4, 0.5) is 11.5 Å². The zero-order chi connectivity index (χ0) is 13.8. The van der Waals surface area contributed by atoms with Gasteiger partial charge in [-0.15, -0.1) is 10.2 Å². The Labute approximate surface area is 116 Å². The number of nitrogen functional groups attached to an aromatic ring is 1. The first-order valence-electron chi connectivity index (χ1n) is 5.91. The number of methoxy groups -OCH3 is 1. The maximum absolute atomic E-state index is 11.2. The van der Waals surface area contributed by atoms with Crippen LogP contribution in [0.5, 0.6) is 0 Å². The second kappa shape index (κ2) is 5.88. The zero-order valence-electron chi connectivity index (χ0n) is 10.6. The molecule has 1 aromatic heterocycles. The summed E-state index contributed by atoms with van der Waals surface area (Å²) in [5, 5.41) is 7.81. The maximum atomic E-state index is 11.2. The summed E-state index contributed by atoms with van der Waals surface area (Å²) in [6.07, 6.45) is 3.13. The normalized spacial score (nSPS) is 15.3. The van der Waals surface area contributed by atoms with Crippen molar-refractivity contribution in [2.75, 3.05) is 30.8 Å². The number of hydrogen-bond donors (Lipinski definition) is 1. The van der Waals surface area contributed by atoms with E-state index in [0.29, 0.717) is 11.0 Å². The fraction of sp³-hybridized carbons (Fsp3) is 0.417. The average Bonchev–Trinajstić information content (AvgIpc) is 2.42. The summed E-state index contributed by atoms with van der Waals surface area (Å²) in [6, 6.07) is 1.71. The predicted octanol–water partition coefficient (Wildman–Crippen LogP) is 1.41. The van der Waals surface area contributed by atoms with Crippen LogP contribution in [0.25, 0.3) is 0 Å². The lowest BCUT2D eigenvalue weighted by molar-refractivity contribution is -0.134. The van der Waals surface area contributed by atoms with E-state index >= 15 is 0 Å². The number of aromatic nitrogens is 2. The number of nitrogens with zero attached hydrogens (tertiary/aromatic N) is 3. The summed E-state index contributed by atoms with van der Waals surface area (Å²) in [5.74, 6) is 0.0568. The Hall–Kier alpha value is -1.82. The van der Waals surface area contributed by atoms with Crippen LogP contribution >= 0.6 is 11.6 Å². The van der Waals surface area contributed by atoms with Crippen LogP contribution in [0.3, 0.4) is 0 Å². The Kier molecular flexibility index (Phi) is 4.21. The van der Waals surface area contributed by atoms with Crippen molar-refractivity contribution in [3.63, 3.8) is 0 Å². The number of ether oxygens (including phenoxy) is 1. The number of carbonyl (C=O) groups is 1. The van der Waals surface area contributed by atoms with E-state index in [1.807, 2.05) is 0 Å². The Morgan fingerprint density at radius 3 is 2.79 bits per heavy atom. The highest BCUT2D eigenvalue weighted by Gasteiger charge is 2.18. The Morgan fingerprint density at radius 1 is 1.47 bits per heavy atom. The molecule has 1 fully saturated rings. The fourth-order valence-corrected chi connectivity index (χ4v) is 2.17. The molecule has 0 atom stereocenters. The molecule has 0 aliphatic carbocycles. The number of nitrogens with two attached hydrogens (primary N) is 1. The largest absolute Gasteiger partial charge is 0.466 e. The minimum atomic E-state index is -0.309. The molecule has 0 saturated carbocycles. The quantitative estimate of drug-likeness (QED) is 0.652. The van der Waals surface area contributed by atoms with E-state index in [1.54, 1.807) is 12.1 Å². The van der Waals surface area contributed by atoms with E-state index in [0.717, 1.165) is 37.2 Å². The molecular formula is C12H15ClN4O2. The third-order valence-electron chi connectivity index (χ3n) is 3.04. The third-order valence-corrected chi connectivity index (χ3v) is 3.23. The first kappa shape index (κ1) is 13.6. The zero-order valence-corrected chi connectivity index (χ0v) is 11.4. The van der Waals surface area contributed by atoms with Gasteiger partial charge >= 0.3 is 5.97 Å². The number of esters is 1. The van der Waals surface area contributed by atoms with E-state index < -0.39 is 0 Å². The molecule has 1 aliphatic rings. The molecule has 102 valence electrons. The van der Waals surface area contributed by atoms with Crippen molar-refractivity contribution in [1.29, 1.82) is 0 Å². The van der Waals surface area contributed by atoms with Gasteiger partial charge in [-0.2, -0.15) is 0 Å². The number of piperidine rings is 1. The first-order chi connectivity index (χ1) is 9.10. The summed E-state index contributed by atoms with van der Waals surface area (Å²) in [7, 11) is 1.37. The van der Waals surface area contributed by atoms with E-state index in [1.165, 1.54) is 7.11 Å². The summed E-state index contributed by atoms with van der Waals surface area (Å²) >= 11 is 5.82. The molecule has 0 bridgehead atoms. The standard InChI is InChI=1S/C12H15ClN4O2/c1-19-11(18)6-8-2-4-17(5-3-8)9-7-10(13)15-16-12(9)14/h6-7H,2-5H2,1H3,(H2,14,16). The Morgan fingerprint density at radius 2 is 2.16 bits per heavy atom. The van der Waals surface area contributed by atoms with Gasteiger partial charge in [-0.05, 0) is 12.8 Å². The molecule has 1 aromatic rings.